The van der Waals surface area contributed by atoms with Gasteiger partial charge in [-0.3, -0.25) is 4.98 Å². The summed E-state index contributed by atoms with van der Waals surface area (Å²) in [5.74, 6) is -1.72. The first-order valence-corrected chi connectivity index (χ1v) is 6.95. The number of halogens is 5. The van der Waals surface area contributed by atoms with Gasteiger partial charge in [-0.25, -0.2) is 8.78 Å². The van der Waals surface area contributed by atoms with Crippen molar-refractivity contribution in [3.05, 3.63) is 78.0 Å². The average Bonchev–Trinajstić information content (AvgIpc) is 2.55. The molecule has 0 amide bonds. The summed E-state index contributed by atoms with van der Waals surface area (Å²) in [6.07, 6.45) is -3.04. The molecule has 0 aliphatic carbocycles. The summed E-state index contributed by atoms with van der Waals surface area (Å²) in [5, 5.41) is 0. The highest BCUT2D eigenvalue weighted by Crippen LogP contribution is 2.35. The van der Waals surface area contributed by atoms with Gasteiger partial charge in [-0.15, -0.1) is 0 Å². The van der Waals surface area contributed by atoms with Gasteiger partial charge < -0.3 is 0 Å². The maximum Gasteiger partial charge on any atom is 0.416 e. The van der Waals surface area contributed by atoms with Crippen LogP contribution in [-0.2, 0) is 6.18 Å². The number of pyridine rings is 1. The van der Waals surface area contributed by atoms with E-state index in [-0.39, 0.29) is 16.7 Å². The van der Waals surface area contributed by atoms with Crippen molar-refractivity contribution in [2.45, 2.75) is 6.18 Å². The molecule has 0 saturated carbocycles. The summed E-state index contributed by atoms with van der Waals surface area (Å²) >= 11 is 0. The standard InChI is InChI=1S/C18H10F5N/c19-14-9-8-13(15-3-1-2-10-24-15)17(20)16(14)11-4-6-12(7-5-11)18(21,22)23/h1-10H. The van der Waals surface area contributed by atoms with E-state index in [2.05, 4.69) is 4.98 Å². The fourth-order valence-electron chi connectivity index (χ4n) is 2.36. The summed E-state index contributed by atoms with van der Waals surface area (Å²) in [6, 6.07) is 10.9. The zero-order chi connectivity index (χ0) is 17.3. The van der Waals surface area contributed by atoms with Gasteiger partial charge in [0.2, 0.25) is 0 Å². The van der Waals surface area contributed by atoms with E-state index in [1.807, 2.05) is 0 Å². The minimum absolute atomic E-state index is 0.0239. The van der Waals surface area contributed by atoms with E-state index in [9.17, 15) is 22.0 Å². The number of alkyl halides is 3. The van der Waals surface area contributed by atoms with Crippen molar-refractivity contribution < 1.29 is 22.0 Å². The second-order valence-electron chi connectivity index (χ2n) is 5.07. The third kappa shape index (κ3) is 2.99. The molecule has 0 N–H and O–H groups in total. The predicted octanol–water partition coefficient (Wildman–Crippen LogP) is 5.71. The highest BCUT2D eigenvalue weighted by Gasteiger charge is 2.30. The van der Waals surface area contributed by atoms with Crippen LogP contribution in [0.4, 0.5) is 22.0 Å². The summed E-state index contributed by atoms with van der Waals surface area (Å²) in [4.78, 5) is 4.01. The summed E-state index contributed by atoms with van der Waals surface area (Å²) < 4.78 is 66.6. The van der Waals surface area contributed by atoms with Gasteiger partial charge in [0.05, 0.1) is 16.8 Å². The van der Waals surface area contributed by atoms with Gasteiger partial charge in [0.1, 0.15) is 11.6 Å². The lowest BCUT2D eigenvalue weighted by Gasteiger charge is -2.11. The third-order valence-electron chi connectivity index (χ3n) is 3.53. The molecule has 3 aromatic rings. The third-order valence-corrected chi connectivity index (χ3v) is 3.53. The minimum atomic E-state index is -4.51. The second-order valence-corrected chi connectivity index (χ2v) is 5.07. The molecular weight excluding hydrogens is 325 g/mol. The van der Waals surface area contributed by atoms with Crippen LogP contribution in [0.1, 0.15) is 5.56 Å². The number of hydrogen-bond acceptors (Lipinski definition) is 1. The number of hydrogen-bond donors (Lipinski definition) is 0. The zero-order valence-corrected chi connectivity index (χ0v) is 12.1. The topological polar surface area (TPSA) is 12.9 Å². The van der Waals surface area contributed by atoms with Crippen LogP contribution in [0.3, 0.4) is 0 Å². The highest BCUT2D eigenvalue weighted by molar-refractivity contribution is 5.73. The van der Waals surface area contributed by atoms with Crippen LogP contribution in [-0.4, -0.2) is 4.98 Å². The molecule has 0 aliphatic rings. The lowest BCUT2D eigenvalue weighted by Crippen LogP contribution is -2.04. The summed E-state index contributed by atoms with van der Waals surface area (Å²) in [7, 11) is 0. The minimum Gasteiger partial charge on any atom is -0.256 e. The van der Waals surface area contributed by atoms with Crippen LogP contribution in [0.15, 0.2) is 60.8 Å². The van der Waals surface area contributed by atoms with Crippen LogP contribution >= 0.6 is 0 Å². The van der Waals surface area contributed by atoms with Crippen molar-refractivity contribution in [1.29, 1.82) is 0 Å². The Hall–Kier alpha value is -2.76. The Morgan fingerprint density at radius 3 is 2.08 bits per heavy atom. The maximum atomic E-state index is 14.7. The quantitative estimate of drug-likeness (QED) is 0.546. The first kappa shape index (κ1) is 16.1. The zero-order valence-electron chi connectivity index (χ0n) is 12.1. The Morgan fingerprint density at radius 2 is 1.50 bits per heavy atom. The highest BCUT2D eigenvalue weighted by atomic mass is 19.4. The molecule has 1 heterocycles. The molecule has 122 valence electrons. The van der Waals surface area contributed by atoms with Gasteiger partial charge in [0.25, 0.3) is 0 Å². The Morgan fingerprint density at radius 1 is 0.792 bits per heavy atom. The van der Waals surface area contributed by atoms with Gasteiger partial charge in [0.15, 0.2) is 0 Å². The van der Waals surface area contributed by atoms with Crippen molar-refractivity contribution in [2.24, 2.45) is 0 Å². The normalized spacial score (nSPS) is 11.5. The monoisotopic (exact) mass is 335 g/mol. The van der Waals surface area contributed by atoms with Gasteiger partial charge in [0, 0.05) is 11.8 Å². The van der Waals surface area contributed by atoms with Crippen LogP contribution < -0.4 is 0 Å². The van der Waals surface area contributed by atoms with Gasteiger partial charge >= 0.3 is 6.18 Å². The average molecular weight is 335 g/mol. The summed E-state index contributed by atoms with van der Waals surface area (Å²) in [6.45, 7) is 0. The van der Waals surface area contributed by atoms with Crippen molar-refractivity contribution in [3.8, 4) is 22.4 Å². The van der Waals surface area contributed by atoms with Crippen LogP contribution in [0.5, 0.6) is 0 Å². The van der Waals surface area contributed by atoms with E-state index in [0.717, 1.165) is 30.3 Å². The molecule has 3 rings (SSSR count). The molecule has 1 aromatic heterocycles. The van der Waals surface area contributed by atoms with Crippen molar-refractivity contribution >= 4 is 0 Å². The Labute approximate surface area is 134 Å². The number of nitrogens with zero attached hydrogens (tertiary/aromatic N) is 1. The van der Waals surface area contributed by atoms with Gasteiger partial charge in [-0.05, 0) is 42.0 Å². The summed E-state index contributed by atoms with van der Waals surface area (Å²) in [5.41, 5.74) is -0.856. The van der Waals surface area contributed by atoms with Crippen LogP contribution in [0.25, 0.3) is 22.4 Å². The smallest absolute Gasteiger partial charge is 0.256 e. The molecule has 2 aromatic carbocycles. The second kappa shape index (κ2) is 6.03. The van der Waals surface area contributed by atoms with E-state index < -0.39 is 23.4 Å². The van der Waals surface area contributed by atoms with E-state index in [0.29, 0.717) is 5.69 Å². The number of benzene rings is 2. The fraction of sp³-hybridized carbons (Fsp3) is 0.0556. The lowest BCUT2D eigenvalue weighted by molar-refractivity contribution is -0.137. The maximum absolute atomic E-state index is 14.7. The fourth-order valence-corrected chi connectivity index (χ4v) is 2.36. The first-order valence-electron chi connectivity index (χ1n) is 6.95. The Bertz CT molecular complexity index is 855. The van der Waals surface area contributed by atoms with E-state index in [1.54, 1.807) is 18.2 Å². The molecule has 0 spiro atoms. The molecule has 6 heteroatoms. The largest absolute Gasteiger partial charge is 0.416 e. The molecule has 0 fully saturated rings. The molecule has 0 saturated heterocycles. The van der Waals surface area contributed by atoms with E-state index >= 15 is 0 Å². The Kier molecular flexibility index (Phi) is 4.05. The van der Waals surface area contributed by atoms with Gasteiger partial charge in [-0.2, -0.15) is 13.2 Å². The molecule has 0 atom stereocenters. The van der Waals surface area contributed by atoms with Crippen LogP contribution in [0.2, 0.25) is 0 Å². The molecule has 0 aliphatic heterocycles. The van der Waals surface area contributed by atoms with Crippen molar-refractivity contribution in [3.63, 3.8) is 0 Å². The van der Waals surface area contributed by atoms with Crippen LogP contribution in [0, 0.1) is 11.6 Å². The lowest BCUT2D eigenvalue weighted by atomic mass is 9.98. The molecule has 1 nitrogen and oxygen atoms in total. The van der Waals surface area contributed by atoms with E-state index in [4.69, 9.17) is 0 Å². The number of aromatic nitrogens is 1. The SMILES string of the molecule is Fc1ccc(-c2ccccn2)c(F)c1-c1ccc(C(F)(F)F)cc1. The molecular formula is C18H10F5N. The molecule has 0 unspecified atom stereocenters. The predicted molar refractivity (Wildman–Crippen MR) is 80.0 cm³/mol. The number of rotatable bonds is 2. The van der Waals surface area contributed by atoms with E-state index in [1.165, 1.54) is 12.3 Å². The van der Waals surface area contributed by atoms with Crippen molar-refractivity contribution in [2.75, 3.05) is 0 Å². The Balaban J connectivity index is 2.11. The molecule has 24 heavy (non-hydrogen) atoms. The van der Waals surface area contributed by atoms with Gasteiger partial charge in [-0.1, -0.05) is 18.2 Å². The first-order chi connectivity index (χ1) is 11.4. The molecule has 0 radical (unpaired) electrons. The van der Waals surface area contributed by atoms with Crippen molar-refractivity contribution in [1.82, 2.24) is 4.98 Å². The molecule has 0 bridgehead atoms.